The summed E-state index contributed by atoms with van der Waals surface area (Å²) in [6.45, 7) is 1.54. The largest absolute Gasteiger partial charge is 0.491 e. The van der Waals surface area contributed by atoms with Gasteiger partial charge in [-0.1, -0.05) is 6.07 Å². The molecule has 0 spiro atoms. The molecule has 0 aliphatic carbocycles. The van der Waals surface area contributed by atoms with Crippen LogP contribution >= 0.6 is 0 Å². The third-order valence-electron chi connectivity index (χ3n) is 2.56. The van der Waals surface area contributed by atoms with Crippen molar-refractivity contribution in [3.8, 4) is 17.0 Å². The maximum absolute atomic E-state index is 14.0. The van der Waals surface area contributed by atoms with Crippen molar-refractivity contribution in [1.29, 1.82) is 0 Å². The third-order valence-corrected chi connectivity index (χ3v) is 2.56. The second-order valence-electron chi connectivity index (χ2n) is 3.69. The van der Waals surface area contributed by atoms with Crippen LogP contribution in [0.2, 0.25) is 0 Å². The van der Waals surface area contributed by atoms with Crippen molar-refractivity contribution in [1.82, 2.24) is 9.97 Å². The van der Waals surface area contributed by atoms with E-state index >= 15 is 0 Å². The van der Waals surface area contributed by atoms with E-state index in [9.17, 15) is 8.78 Å². The highest BCUT2D eigenvalue weighted by atomic mass is 19.1. The quantitative estimate of drug-likeness (QED) is 0.889. The second-order valence-corrected chi connectivity index (χ2v) is 3.69. The summed E-state index contributed by atoms with van der Waals surface area (Å²) in [7, 11) is 1.34. The molecule has 0 radical (unpaired) electrons. The number of anilines is 1. The number of hydrogen-bond donors (Lipinski definition) is 1. The van der Waals surface area contributed by atoms with Crippen LogP contribution in [0.3, 0.4) is 0 Å². The molecule has 0 aliphatic rings. The van der Waals surface area contributed by atoms with Crippen molar-refractivity contribution < 1.29 is 13.5 Å². The lowest BCUT2D eigenvalue weighted by atomic mass is 10.1. The maximum Gasteiger partial charge on any atom is 0.187 e. The number of benzene rings is 1. The first-order chi connectivity index (χ1) is 8.56. The molecule has 0 atom stereocenters. The smallest absolute Gasteiger partial charge is 0.187 e. The third kappa shape index (κ3) is 1.85. The van der Waals surface area contributed by atoms with Crippen LogP contribution in [-0.2, 0) is 0 Å². The van der Waals surface area contributed by atoms with E-state index in [-0.39, 0.29) is 22.8 Å². The summed E-state index contributed by atoms with van der Waals surface area (Å²) in [6.07, 6.45) is 1.13. The van der Waals surface area contributed by atoms with Gasteiger partial charge in [0.2, 0.25) is 0 Å². The number of aromatic nitrogens is 2. The Bertz CT molecular complexity index is 602. The Labute approximate surface area is 102 Å². The molecule has 1 aromatic carbocycles. The SMILES string of the molecule is COc1c(N)ncnc1-c1c(F)ccc(C)c1F. The van der Waals surface area contributed by atoms with E-state index in [1.165, 1.54) is 26.2 Å². The first-order valence-electron chi connectivity index (χ1n) is 5.15. The lowest BCUT2D eigenvalue weighted by Gasteiger charge is -2.11. The fraction of sp³-hybridized carbons (Fsp3) is 0.167. The predicted octanol–water partition coefficient (Wildman–Crippen LogP) is 2.32. The van der Waals surface area contributed by atoms with Gasteiger partial charge in [-0.3, -0.25) is 0 Å². The Balaban J connectivity index is 2.77. The van der Waals surface area contributed by atoms with Gasteiger partial charge in [-0.2, -0.15) is 0 Å². The van der Waals surface area contributed by atoms with E-state index in [0.29, 0.717) is 5.56 Å². The molecule has 94 valence electrons. The summed E-state index contributed by atoms with van der Waals surface area (Å²) in [6, 6.07) is 2.52. The molecule has 4 nitrogen and oxygen atoms in total. The van der Waals surface area contributed by atoms with Crippen LogP contribution in [0.25, 0.3) is 11.3 Å². The molecule has 0 unspecified atom stereocenters. The van der Waals surface area contributed by atoms with Crippen LogP contribution in [-0.4, -0.2) is 17.1 Å². The lowest BCUT2D eigenvalue weighted by Crippen LogP contribution is -2.03. The number of nitrogens with two attached hydrogens (primary N) is 1. The fourth-order valence-electron chi connectivity index (χ4n) is 1.64. The molecule has 18 heavy (non-hydrogen) atoms. The van der Waals surface area contributed by atoms with E-state index in [4.69, 9.17) is 10.5 Å². The van der Waals surface area contributed by atoms with E-state index < -0.39 is 11.6 Å². The van der Waals surface area contributed by atoms with Gasteiger partial charge in [0.1, 0.15) is 23.7 Å². The molecule has 1 aromatic heterocycles. The van der Waals surface area contributed by atoms with Crippen molar-refractivity contribution in [2.24, 2.45) is 0 Å². The summed E-state index contributed by atoms with van der Waals surface area (Å²) in [5, 5.41) is 0. The van der Waals surface area contributed by atoms with Crippen molar-refractivity contribution in [2.75, 3.05) is 12.8 Å². The molecular formula is C12H11F2N3O. The Morgan fingerprint density at radius 1 is 1.22 bits per heavy atom. The van der Waals surface area contributed by atoms with Gasteiger partial charge in [-0.05, 0) is 18.6 Å². The molecule has 2 aromatic rings. The zero-order valence-corrected chi connectivity index (χ0v) is 9.87. The Morgan fingerprint density at radius 2 is 1.94 bits per heavy atom. The van der Waals surface area contributed by atoms with Crippen molar-refractivity contribution >= 4 is 5.82 Å². The lowest BCUT2D eigenvalue weighted by molar-refractivity contribution is 0.414. The second kappa shape index (κ2) is 4.56. The van der Waals surface area contributed by atoms with Gasteiger partial charge < -0.3 is 10.5 Å². The molecule has 0 saturated heterocycles. The molecule has 0 aliphatic heterocycles. The summed E-state index contributed by atoms with van der Waals surface area (Å²) in [5.41, 5.74) is 5.64. The van der Waals surface area contributed by atoms with Gasteiger partial charge >= 0.3 is 0 Å². The topological polar surface area (TPSA) is 61.0 Å². The number of ether oxygens (including phenoxy) is 1. The normalized spacial score (nSPS) is 10.4. The minimum atomic E-state index is -0.727. The van der Waals surface area contributed by atoms with Crippen molar-refractivity contribution in [2.45, 2.75) is 6.92 Å². The number of methoxy groups -OCH3 is 1. The minimum Gasteiger partial charge on any atom is -0.491 e. The standard InChI is InChI=1S/C12H11F2N3O/c1-6-3-4-7(13)8(9(6)14)10-11(18-2)12(15)17-5-16-10/h3-5H,1-2H3,(H2,15,16,17). The number of hydrogen-bond acceptors (Lipinski definition) is 4. The van der Waals surface area contributed by atoms with Gasteiger partial charge in [-0.15, -0.1) is 0 Å². The molecule has 1 heterocycles. The molecule has 2 rings (SSSR count). The van der Waals surface area contributed by atoms with Crippen LogP contribution in [0.15, 0.2) is 18.5 Å². The number of rotatable bonds is 2. The van der Waals surface area contributed by atoms with Crippen LogP contribution in [0.4, 0.5) is 14.6 Å². The minimum absolute atomic E-state index is 0.00343. The zero-order valence-electron chi connectivity index (χ0n) is 9.87. The van der Waals surface area contributed by atoms with E-state index in [0.717, 1.165) is 6.33 Å². The monoisotopic (exact) mass is 251 g/mol. The first-order valence-corrected chi connectivity index (χ1v) is 5.15. The average Bonchev–Trinajstić information content (AvgIpc) is 2.35. The van der Waals surface area contributed by atoms with Crippen LogP contribution < -0.4 is 10.5 Å². The van der Waals surface area contributed by atoms with E-state index in [1.807, 2.05) is 0 Å². The zero-order chi connectivity index (χ0) is 13.3. The molecule has 0 fully saturated rings. The molecule has 6 heteroatoms. The summed E-state index contributed by atoms with van der Waals surface area (Å²) < 4.78 is 32.8. The van der Waals surface area contributed by atoms with Gasteiger partial charge in [0, 0.05) is 0 Å². The molecule has 0 bridgehead atoms. The van der Waals surface area contributed by atoms with E-state index in [1.54, 1.807) is 0 Å². The highest BCUT2D eigenvalue weighted by Crippen LogP contribution is 2.35. The molecule has 2 N–H and O–H groups in total. The van der Waals surface area contributed by atoms with Gasteiger partial charge in [-0.25, -0.2) is 18.7 Å². The Morgan fingerprint density at radius 3 is 2.61 bits per heavy atom. The van der Waals surface area contributed by atoms with Gasteiger partial charge in [0.25, 0.3) is 0 Å². The summed E-state index contributed by atoms with van der Waals surface area (Å²) in [4.78, 5) is 7.56. The Hall–Kier alpha value is -2.24. The number of nitrogen functional groups attached to an aromatic ring is 1. The van der Waals surface area contributed by atoms with Crippen molar-refractivity contribution in [3.05, 3.63) is 35.7 Å². The molecular weight excluding hydrogens is 240 g/mol. The highest BCUT2D eigenvalue weighted by molar-refractivity contribution is 5.72. The number of halogens is 2. The number of aryl methyl sites for hydroxylation is 1. The predicted molar refractivity (Wildman–Crippen MR) is 63.1 cm³/mol. The van der Waals surface area contributed by atoms with Crippen LogP contribution in [0.5, 0.6) is 5.75 Å². The van der Waals surface area contributed by atoms with Crippen LogP contribution in [0, 0.1) is 18.6 Å². The van der Waals surface area contributed by atoms with Crippen LogP contribution in [0.1, 0.15) is 5.56 Å². The van der Waals surface area contributed by atoms with E-state index in [2.05, 4.69) is 9.97 Å². The fourth-order valence-corrected chi connectivity index (χ4v) is 1.64. The van der Waals surface area contributed by atoms with Crippen molar-refractivity contribution in [3.63, 3.8) is 0 Å². The maximum atomic E-state index is 14.0. The number of nitrogens with zero attached hydrogens (tertiary/aromatic N) is 2. The first kappa shape index (κ1) is 12.2. The highest BCUT2D eigenvalue weighted by Gasteiger charge is 2.20. The summed E-state index contributed by atoms with van der Waals surface area (Å²) >= 11 is 0. The Kier molecular flexibility index (Phi) is 3.10. The average molecular weight is 251 g/mol. The summed E-state index contributed by atoms with van der Waals surface area (Å²) in [5.74, 6) is -1.33. The molecule has 0 amide bonds. The van der Waals surface area contributed by atoms with Gasteiger partial charge in [0.15, 0.2) is 11.6 Å². The van der Waals surface area contributed by atoms with Gasteiger partial charge in [0.05, 0.1) is 12.7 Å². The molecule has 0 saturated carbocycles.